The minimum atomic E-state index is -0.0972. The molecule has 1 heterocycles. The Balaban J connectivity index is 1.63. The van der Waals surface area contributed by atoms with Gasteiger partial charge < -0.3 is 19.5 Å². The molecular weight excluding hydrogens is 318 g/mol. The van der Waals surface area contributed by atoms with Crippen molar-refractivity contribution in [1.29, 1.82) is 0 Å². The van der Waals surface area contributed by atoms with Gasteiger partial charge >= 0.3 is 0 Å². The minimum Gasteiger partial charge on any atom is -0.493 e. The third kappa shape index (κ3) is 4.05. The van der Waals surface area contributed by atoms with E-state index in [9.17, 15) is 4.79 Å². The standard InChI is InChI=1S/C20H23NO4/c1-3-9-24-18-6-4-14(11-19(18)23-2)13-21-20(22)16-5-7-17-15(12-16)8-10-25-17/h4-7,11-12H,3,8-10,13H2,1-2H3,(H,21,22). The van der Waals surface area contributed by atoms with Crippen molar-refractivity contribution in [3.05, 3.63) is 53.1 Å². The summed E-state index contributed by atoms with van der Waals surface area (Å²) in [5.74, 6) is 2.18. The highest BCUT2D eigenvalue weighted by Gasteiger charge is 2.15. The van der Waals surface area contributed by atoms with Crippen LogP contribution in [-0.4, -0.2) is 26.2 Å². The molecule has 1 aliphatic rings. The molecule has 132 valence electrons. The monoisotopic (exact) mass is 341 g/mol. The largest absolute Gasteiger partial charge is 0.493 e. The van der Waals surface area contributed by atoms with Gasteiger partial charge in [0.1, 0.15) is 5.75 Å². The molecule has 1 aliphatic heterocycles. The number of hydrogen-bond acceptors (Lipinski definition) is 4. The van der Waals surface area contributed by atoms with Gasteiger partial charge in [0, 0.05) is 18.5 Å². The summed E-state index contributed by atoms with van der Waals surface area (Å²) >= 11 is 0. The zero-order chi connectivity index (χ0) is 17.6. The number of benzene rings is 2. The van der Waals surface area contributed by atoms with E-state index in [1.165, 1.54) is 0 Å². The maximum Gasteiger partial charge on any atom is 0.251 e. The Morgan fingerprint density at radius 3 is 2.88 bits per heavy atom. The molecule has 0 aliphatic carbocycles. The Labute approximate surface area is 147 Å². The van der Waals surface area contributed by atoms with Crippen LogP contribution < -0.4 is 19.5 Å². The van der Waals surface area contributed by atoms with Crippen LogP contribution in [0.15, 0.2) is 36.4 Å². The highest BCUT2D eigenvalue weighted by atomic mass is 16.5. The van der Waals surface area contributed by atoms with E-state index < -0.39 is 0 Å². The average molecular weight is 341 g/mol. The molecule has 5 nitrogen and oxygen atoms in total. The summed E-state index contributed by atoms with van der Waals surface area (Å²) in [6.45, 7) is 3.82. The van der Waals surface area contributed by atoms with E-state index in [1.807, 2.05) is 30.3 Å². The molecule has 0 saturated heterocycles. The first-order valence-corrected chi connectivity index (χ1v) is 8.55. The van der Waals surface area contributed by atoms with Gasteiger partial charge in [-0.25, -0.2) is 0 Å². The summed E-state index contributed by atoms with van der Waals surface area (Å²) in [6, 6.07) is 11.3. The van der Waals surface area contributed by atoms with Crippen LogP contribution in [0.3, 0.4) is 0 Å². The predicted octanol–water partition coefficient (Wildman–Crippen LogP) is 3.35. The lowest BCUT2D eigenvalue weighted by molar-refractivity contribution is 0.0951. The molecule has 0 spiro atoms. The summed E-state index contributed by atoms with van der Waals surface area (Å²) in [5.41, 5.74) is 2.70. The third-order valence-corrected chi connectivity index (χ3v) is 4.09. The van der Waals surface area contributed by atoms with E-state index >= 15 is 0 Å². The van der Waals surface area contributed by atoms with Crippen molar-refractivity contribution in [2.45, 2.75) is 26.3 Å². The first kappa shape index (κ1) is 17.1. The fraction of sp³-hybridized carbons (Fsp3) is 0.350. The smallest absolute Gasteiger partial charge is 0.251 e. The molecule has 2 aromatic carbocycles. The van der Waals surface area contributed by atoms with Crippen LogP contribution in [0.4, 0.5) is 0 Å². The van der Waals surface area contributed by atoms with Crippen LogP contribution in [0, 0.1) is 0 Å². The van der Waals surface area contributed by atoms with Gasteiger partial charge in [-0.3, -0.25) is 4.79 Å². The number of amides is 1. The number of carbonyl (C=O) groups excluding carboxylic acids is 1. The summed E-state index contributed by atoms with van der Waals surface area (Å²) < 4.78 is 16.5. The Morgan fingerprint density at radius 1 is 1.20 bits per heavy atom. The van der Waals surface area contributed by atoms with Crippen LogP contribution in [0.25, 0.3) is 0 Å². The molecule has 0 atom stereocenters. The van der Waals surface area contributed by atoms with Crippen LogP contribution in [0.2, 0.25) is 0 Å². The van der Waals surface area contributed by atoms with Crippen molar-refractivity contribution in [3.63, 3.8) is 0 Å². The first-order chi connectivity index (χ1) is 12.2. The van der Waals surface area contributed by atoms with Crippen molar-refractivity contribution in [2.75, 3.05) is 20.3 Å². The lowest BCUT2D eigenvalue weighted by atomic mass is 10.1. The highest BCUT2D eigenvalue weighted by molar-refractivity contribution is 5.94. The van der Waals surface area contributed by atoms with Crippen molar-refractivity contribution in [2.24, 2.45) is 0 Å². The fourth-order valence-corrected chi connectivity index (χ4v) is 2.77. The van der Waals surface area contributed by atoms with Crippen LogP contribution >= 0.6 is 0 Å². The van der Waals surface area contributed by atoms with Crippen molar-refractivity contribution in [1.82, 2.24) is 5.32 Å². The second-order valence-corrected chi connectivity index (χ2v) is 5.94. The molecule has 1 N–H and O–H groups in total. The second-order valence-electron chi connectivity index (χ2n) is 5.94. The molecular formula is C20H23NO4. The summed E-state index contributed by atoms with van der Waals surface area (Å²) in [7, 11) is 1.61. The van der Waals surface area contributed by atoms with Gasteiger partial charge in [-0.05, 0) is 47.9 Å². The number of methoxy groups -OCH3 is 1. The molecule has 5 heteroatoms. The number of ether oxygens (including phenoxy) is 3. The van der Waals surface area contributed by atoms with E-state index in [0.29, 0.717) is 31.1 Å². The maximum atomic E-state index is 12.4. The van der Waals surface area contributed by atoms with Gasteiger partial charge in [0.2, 0.25) is 0 Å². The number of hydrogen-bond donors (Lipinski definition) is 1. The Hall–Kier alpha value is -2.69. The Kier molecular flexibility index (Phi) is 5.43. The van der Waals surface area contributed by atoms with Gasteiger partial charge in [-0.2, -0.15) is 0 Å². The molecule has 1 amide bonds. The molecule has 0 radical (unpaired) electrons. The number of fused-ring (bicyclic) bond motifs is 1. The normalized spacial score (nSPS) is 12.2. The SMILES string of the molecule is CCCOc1ccc(CNC(=O)c2ccc3c(c2)CCO3)cc1OC. The van der Waals surface area contributed by atoms with Gasteiger partial charge in [-0.1, -0.05) is 13.0 Å². The van der Waals surface area contributed by atoms with Crippen LogP contribution in [0.1, 0.15) is 34.8 Å². The molecule has 0 saturated carbocycles. The van der Waals surface area contributed by atoms with E-state index in [-0.39, 0.29) is 5.91 Å². The Morgan fingerprint density at radius 2 is 2.08 bits per heavy atom. The lowest BCUT2D eigenvalue weighted by Crippen LogP contribution is -2.22. The van der Waals surface area contributed by atoms with Crippen LogP contribution in [0.5, 0.6) is 17.2 Å². The third-order valence-electron chi connectivity index (χ3n) is 4.09. The predicted molar refractivity (Wildman–Crippen MR) is 95.6 cm³/mol. The van der Waals surface area contributed by atoms with Crippen molar-refractivity contribution in [3.8, 4) is 17.2 Å². The fourth-order valence-electron chi connectivity index (χ4n) is 2.77. The molecule has 25 heavy (non-hydrogen) atoms. The topological polar surface area (TPSA) is 56.8 Å². The Bertz CT molecular complexity index is 757. The number of rotatable bonds is 7. The number of nitrogens with one attached hydrogen (secondary N) is 1. The van der Waals surface area contributed by atoms with Gasteiger partial charge in [0.05, 0.1) is 20.3 Å². The molecule has 0 bridgehead atoms. The zero-order valence-corrected chi connectivity index (χ0v) is 14.6. The molecule has 0 fully saturated rings. The van der Waals surface area contributed by atoms with E-state index in [0.717, 1.165) is 35.5 Å². The van der Waals surface area contributed by atoms with E-state index in [2.05, 4.69) is 12.2 Å². The van der Waals surface area contributed by atoms with Crippen molar-refractivity contribution >= 4 is 5.91 Å². The first-order valence-electron chi connectivity index (χ1n) is 8.55. The van der Waals surface area contributed by atoms with E-state index in [1.54, 1.807) is 13.2 Å². The second kappa shape index (κ2) is 7.92. The van der Waals surface area contributed by atoms with Crippen LogP contribution in [-0.2, 0) is 13.0 Å². The van der Waals surface area contributed by atoms with Gasteiger partial charge in [0.25, 0.3) is 5.91 Å². The quantitative estimate of drug-likeness (QED) is 0.839. The molecule has 2 aromatic rings. The zero-order valence-electron chi connectivity index (χ0n) is 14.6. The highest BCUT2D eigenvalue weighted by Crippen LogP contribution is 2.28. The summed E-state index contributed by atoms with van der Waals surface area (Å²) in [5, 5.41) is 2.94. The summed E-state index contributed by atoms with van der Waals surface area (Å²) in [6.07, 6.45) is 1.79. The van der Waals surface area contributed by atoms with Crippen molar-refractivity contribution < 1.29 is 19.0 Å². The maximum absolute atomic E-state index is 12.4. The lowest BCUT2D eigenvalue weighted by Gasteiger charge is -2.12. The minimum absolute atomic E-state index is 0.0972. The van der Waals surface area contributed by atoms with Gasteiger partial charge in [0.15, 0.2) is 11.5 Å². The molecule has 0 unspecified atom stereocenters. The average Bonchev–Trinajstić information content (AvgIpc) is 3.12. The molecule has 0 aromatic heterocycles. The number of carbonyl (C=O) groups is 1. The van der Waals surface area contributed by atoms with E-state index in [4.69, 9.17) is 14.2 Å². The van der Waals surface area contributed by atoms with Gasteiger partial charge in [-0.15, -0.1) is 0 Å². The molecule has 3 rings (SSSR count). The summed E-state index contributed by atoms with van der Waals surface area (Å²) in [4.78, 5) is 12.4.